The number of aromatic nitrogens is 5. The SMILES string of the molecule is [C-]#[N+]c1ccc(-c2ccc(-c3cc(-c4nc(-c5ccccc5)nc(-c5ccccc5)n4)ccc3-n3c4ccc(-c5cc(C#N)cc([N+]#[C-])c5)cc4c4cc(-c5cc(C#N)cc([N+]#[C-])c5)ccc43)c(-n3c4ccc(-c5cc(C#N)cc([N+]#[C-])c5)cc4c4cc(-c5cc(C#N)cc([N+]#[C-])c5)ccc43)c2)cc1. The number of hydrogen-bond acceptors (Lipinski definition) is 7. The average molecular weight is 1320 g/mol. The van der Waals surface area contributed by atoms with E-state index in [4.69, 9.17) is 47.8 Å². The topological polar surface area (TPSA) is 165 Å². The predicted molar refractivity (Wildman–Crippen MR) is 408 cm³/mol. The highest BCUT2D eigenvalue weighted by Gasteiger charge is 2.26. The Morgan fingerprint density at radius 3 is 0.913 bits per heavy atom. The van der Waals surface area contributed by atoms with Crippen LogP contribution in [0.5, 0.6) is 0 Å². The Morgan fingerprint density at radius 1 is 0.240 bits per heavy atom. The van der Waals surface area contributed by atoms with Gasteiger partial charge in [-0.3, -0.25) is 0 Å². The Bertz CT molecular complexity index is 6320. The monoisotopic (exact) mass is 1320 g/mol. The first kappa shape index (κ1) is 62.7. The fraction of sp³-hybridized carbons (Fsp3) is 0. The van der Waals surface area contributed by atoms with Crippen LogP contribution < -0.4 is 0 Å². The third-order valence-electron chi connectivity index (χ3n) is 18.6. The van der Waals surface area contributed by atoms with Crippen molar-refractivity contribution in [1.82, 2.24) is 24.1 Å². The van der Waals surface area contributed by atoms with Crippen LogP contribution in [0.15, 0.2) is 267 Å². The number of rotatable bonds is 11. The summed E-state index contributed by atoms with van der Waals surface area (Å²) in [6.07, 6.45) is 0. The number of nitrogens with zero attached hydrogens (tertiary/aromatic N) is 14. The lowest BCUT2D eigenvalue weighted by Crippen LogP contribution is -2.04. The molecular weight excluding hydrogens is 1280 g/mol. The molecule has 14 nitrogen and oxygen atoms in total. The zero-order valence-corrected chi connectivity index (χ0v) is 54.7. The Morgan fingerprint density at radius 2 is 0.558 bits per heavy atom. The van der Waals surface area contributed by atoms with Gasteiger partial charge in [-0.25, -0.2) is 39.2 Å². The quantitative estimate of drug-likeness (QED) is 0.116. The van der Waals surface area contributed by atoms with Crippen LogP contribution in [0.25, 0.3) is 180 Å². The third-order valence-corrected chi connectivity index (χ3v) is 18.6. The van der Waals surface area contributed by atoms with Crippen molar-refractivity contribution >= 4 is 72.0 Å². The van der Waals surface area contributed by atoms with E-state index in [1.807, 2.05) is 103 Å². The van der Waals surface area contributed by atoms with E-state index in [1.54, 1.807) is 84.9 Å². The van der Waals surface area contributed by atoms with E-state index in [9.17, 15) is 21.0 Å². The molecule has 0 unspecified atom stereocenters. The summed E-state index contributed by atoms with van der Waals surface area (Å²) in [4.78, 5) is 34.3. The van der Waals surface area contributed by atoms with Crippen LogP contribution in [0.2, 0.25) is 0 Å². The number of fused-ring (bicyclic) bond motifs is 6. The molecule has 3 aromatic heterocycles. The van der Waals surface area contributed by atoms with Gasteiger partial charge >= 0.3 is 0 Å². The lowest BCUT2D eigenvalue weighted by Gasteiger charge is -2.21. The van der Waals surface area contributed by atoms with E-state index in [1.165, 1.54) is 0 Å². The van der Waals surface area contributed by atoms with Gasteiger partial charge in [-0.2, -0.15) is 21.0 Å². The van der Waals surface area contributed by atoms with Crippen LogP contribution in [-0.2, 0) is 0 Å². The molecule has 3 heterocycles. The molecule has 0 saturated heterocycles. The highest BCUT2D eigenvalue weighted by Crippen LogP contribution is 2.47. The molecular formula is C90H44N14. The van der Waals surface area contributed by atoms with E-state index in [0.717, 1.165) is 111 Å². The largest absolute Gasteiger partial charge is 0.309 e. The van der Waals surface area contributed by atoms with Crippen molar-refractivity contribution in [2.45, 2.75) is 0 Å². The van der Waals surface area contributed by atoms with Gasteiger partial charge in [0.1, 0.15) is 0 Å². The maximum absolute atomic E-state index is 10.2. The Kier molecular flexibility index (Phi) is 15.7. The number of hydrogen-bond donors (Lipinski definition) is 0. The molecule has 13 aromatic carbocycles. The Balaban J connectivity index is 1.03. The highest BCUT2D eigenvalue weighted by molar-refractivity contribution is 6.14. The van der Waals surface area contributed by atoms with Crippen molar-refractivity contribution in [3.63, 3.8) is 0 Å². The summed E-state index contributed by atoms with van der Waals surface area (Å²) >= 11 is 0. The second-order valence-electron chi connectivity index (χ2n) is 24.7. The van der Waals surface area contributed by atoms with Crippen LogP contribution in [-0.4, -0.2) is 24.1 Å². The first-order valence-corrected chi connectivity index (χ1v) is 32.6. The highest BCUT2D eigenvalue weighted by atomic mass is 15.0. The summed E-state index contributed by atoms with van der Waals surface area (Å²) < 4.78 is 4.47. The van der Waals surface area contributed by atoms with Gasteiger partial charge < -0.3 is 9.13 Å². The molecule has 0 bridgehead atoms. The van der Waals surface area contributed by atoms with Crippen LogP contribution >= 0.6 is 0 Å². The van der Waals surface area contributed by atoms with Crippen LogP contribution in [0.4, 0.5) is 28.4 Å². The van der Waals surface area contributed by atoms with Gasteiger partial charge in [0.2, 0.25) is 0 Å². The summed E-state index contributed by atoms with van der Waals surface area (Å²) in [5.41, 5.74) is 18.9. The van der Waals surface area contributed by atoms with E-state index in [2.05, 4.69) is 136 Å². The molecule has 0 aliphatic carbocycles. The zero-order valence-electron chi connectivity index (χ0n) is 54.7. The summed E-state index contributed by atoms with van der Waals surface area (Å²) in [7, 11) is 0. The Hall–Kier alpha value is -16.1. The molecule has 104 heavy (non-hydrogen) atoms. The molecule has 0 saturated carbocycles. The third kappa shape index (κ3) is 11.3. The smallest absolute Gasteiger partial charge is 0.189 e. The first-order chi connectivity index (χ1) is 51.0. The number of nitriles is 4. The minimum absolute atomic E-state index is 0.316. The summed E-state index contributed by atoms with van der Waals surface area (Å²) in [6.45, 7) is 39.9. The molecule has 0 atom stereocenters. The van der Waals surface area contributed by atoms with Crippen molar-refractivity contribution in [2.75, 3.05) is 0 Å². The van der Waals surface area contributed by atoms with Gasteiger partial charge in [-0.1, -0.05) is 121 Å². The molecule has 14 heteroatoms. The van der Waals surface area contributed by atoms with Crippen molar-refractivity contribution in [3.8, 4) is 137 Å². The van der Waals surface area contributed by atoms with Gasteiger partial charge in [-0.05, 0) is 201 Å². The average Bonchev–Trinajstić information content (AvgIpc) is 1.56. The maximum atomic E-state index is 10.2. The van der Waals surface area contributed by atoms with Gasteiger partial charge in [0.25, 0.3) is 0 Å². The van der Waals surface area contributed by atoms with Crippen molar-refractivity contribution < 1.29 is 0 Å². The van der Waals surface area contributed by atoms with Gasteiger partial charge in [0.15, 0.2) is 45.9 Å². The molecule has 16 rings (SSSR count). The zero-order chi connectivity index (χ0) is 71.1. The fourth-order valence-electron chi connectivity index (χ4n) is 13.8. The van der Waals surface area contributed by atoms with E-state index < -0.39 is 0 Å². The molecule has 0 radical (unpaired) electrons. The first-order valence-electron chi connectivity index (χ1n) is 32.6. The lowest BCUT2D eigenvalue weighted by atomic mass is 9.94. The normalized spacial score (nSPS) is 10.8. The molecule has 474 valence electrons. The van der Waals surface area contributed by atoms with E-state index in [-0.39, 0.29) is 0 Å². The summed E-state index contributed by atoms with van der Waals surface area (Å²) in [5, 5.41) is 44.2. The predicted octanol–water partition coefficient (Wildman–Crippen LogP) is 23.3. The second-order valence-corrected chi connectivity index (χ2v) is 24.7. The van der Waals surface area contributed by atoms with Crippen LogP contribution in [0, 0.1) is 78.2 Å². The molecule has 0 spiro atoms. The molecule has 0 fully saturated rings. The molecule has 0 aliphatic heterocycles. The van der Waals surface area contributed by atoms with Gasteiger partial charge in [0, 0.05) is 71.6 Å². The summed E-state index contributed by atoms with van der Waals surface area (Å²) in [5.74, 6) is 1.33. The van der Waals surface area contributed by atoms with E-state index in [0.29, 0.717) is 96.0 Å². The molecule has 0 amide bonds. The number of benzene rings is 13. The Labute approximate surface area is 596 Å². The molecule has 16 aromatic rings. The van der Waals surface area contributed by atoms with E-state index >= 15 is 0 Å². The van der Waals surface area contributed by atoms with Crippen molar-refractivity contribution in [1.29, 1.82) is 21.0 Å². The minimum Gasteiger partial charge on any atom is -0.309 e. The molecule has 0 aliphatic rings. The fourth-order valence-corrected chi connectivity index (χ4v) is 13.8. The van der Waals surface area contributed by atoms with Crippen LogP contribution in [0.3, 0.4) is 0 Å². The second kappa shape index (κ2) is 26.0. The van der Waals surface area contributed by atoms with Gasteiger partial charge in [-0.15, -0.1) is 0 Å². The van der Waals surface area contributed by atoms with Gasteiger partial charge in [0.05, 0.1) is 90.6 Å². The van der Waals surface area contributed by atoms with Crippen molar-refractivity contribution in [3.05, 3.63) is 346 Å². The standard InChI is InChI=1S/C90H44N14/c1-95-71-24-16-58(17-25-71)65-18-26-76(87(49-65)104-85-29-21-63(69-34-56(52-93)38-74(42-69)98-4)46-80(85)81-47-64(22-30-86(81)104)70-35-57(53-94)39-75(43-70)99-5)77-48-66(90-101-88(59-12-8-6-9-13-59)100-89(102-90)60-14-10-7-11-15-60)23-31-82(77)103-83-27-19-61(67-32-54(50-91)36-72(40-67)96-2)44-78(83)79-45-62(20-28-84(79)103)68-33-55(51-92)37-73(41-68)97-3/h6-49H. The summed E-state index contributed by atoms with van der Waals surface area (Å²) in [6, 6.07) is 93.6. The van der Waals surface area contributed by atoms with Crippen LogP contribution in [0.1, 0.15) is 22.3 Å². The molecule has 0 N–H and O–H groups in total. The maximum Gasteiger partial charge on any atom is 0.189 e. The van der Waals surface area contributed by atoms with Crippen molar-refractivity contribution in [2.24, 2.45) is 0 Å². The minimum atomic E-state index is 0.316. The lowest BCUT2D eigenvalue weighted by molar-refractivity contribution is 1.07.